The topological polar surface area (TPSA) is 48.2 Å². The number of aryl methyl sites for hydroxylation is 2. The molecule has 0 saturated carbocycles. The molecule has 0 aliphatic rings. The van der Waals surface area contributed by atoms with Gasteiger partial charge >= 0.3 is 0 Å². The summed E-state index contributed by atoms with van der Waals surface area (Å²) in [6.07, 6.45) is 0. The van der Waals surface area contributed by atoms with Gasteiger partial charge < -0.3 is 9.26 Å². The lowest BCUT2D eigenvalue weighted by Crippen LogP contribution is -1.86. The van der Waals surface area contributed by atoms with E-state index in [0.717, 1.165) is 11.3 Å². The van der Waals surface area contributed by atoms with E-state index in [-0.39, 0.29) is 0 Å². The fraction of sp³-hybridized carbons (Fsp3) is 0.222. The quantitative estimate of drug-likeness (QED) is 0.638. The molecule has 0 unspecified atom stereocenters. The van der Waals surface area contributed by atoms with Crippen LogP contribution in [-0.2, 0) is 5.75 Å². The van der Waals surface area contributed by atoms with Crippen LogP contribution in [0.2, 0.25) is 0 Å². The molecule has 0 saturated heterocycles. The van der Waals surface area contributed by atoms with Crippen LogP contribution in [0.1, 0.15) is 17.0 Å². The van der Waals surface area contributed by atoms with Crippen LogP contribution in [0.5, 0.6) is 5.75 Å². The lowest BCUT2D eigenvalue weighted by atomic mass is 10.2. The predicted molar refractivity (Wildman–Crippen MR) is 91.8 cm³/mol. The molecule has 1 aromatic heterocycles. The number of nitrogens with zero attached hydrogens (tertiary/aromatic N) is 2. The second kappa shape index (κ2) is 6.87. The van der Waals surface area contributed by atoms with Gasteiger partial charge in [0.15, 0.2) is 0 Å². The molecule has 2 aromatic carbocycles. The third kappa shape index (κ3) is 3.74. The molecule has 0 fully saturated rings. The first-order chi connectivity index (χ1) is 11.2. The summed E-state index contributed by atoms with van der Waals surface area (Å²) >= 11 is 1.70. The first-order valence-corrected chi connectivity index (χ1v) is 8.31. The summed E-state index contributed by atoms with van der Waals surface area (Å²) in [5, 5.41) is 4.06. The van der Waals surface area contributed by atoms with Crippen molar-refractivity contribution >= 4 is 11.8 Å². The number of thioether (sulfide) groups is 1. The lowest BCUT2D eigenvalue weighted by Gasteiger charge is -2.04. The van der Waals surface area contributed by atoms with Gasteiger partial charge in [-0.3, -0.25) is 0 Å². The second-order valence-electron chi connectivity index (χ2n) is 5.30. The number of benzene rings is 2. The number of methoxy groups -OCH3 is 1. The molecule has 118 valence electrons. The summed E-state index contributed by atoms with van der Waals surface area (Å²) in [6, 6.07) is 14.1. The molecular formula is C18H18N2O2S. The number of ether oxygens (including phenoxy) is 1. The smallest absolute Gasteiger partial charge is 0.237 e. The third-order valence-electron chi connectivity index (χ3n) is 3.48. The molecule has 3 aromatic rings. The van der Waals surface area contributed by atoms with E-state index in [4.69, 9.17) is 9.26 Å². The predicted octanol–water partition coefficient (Wildman–Crippen LogP) is 4.65. The lowest BCUT2D eigenvalue weighted by molar-refractivity contribution is 0.391. The average molecular weight is 326 g/mol. The van der Waals surface area contributed by atoms with E-state index in [1.54, 1.807) is 18.9 Å². The van der Waals surface area contributed by atoms with Gasteiger partial charge in [-0.15, -0.1) is 11.8 Å². The number of rotatable bonds is 5. The summed E-state index contributed by atoms with van der Waals surface area (Å²) in [7, 11) is 1.64. The Kier molecular flexibility index (Phi) is 4.67. The van der Waals surface area contributed by atoms with Crippen molar-refractivity contribution in [2.24, 2.45) is 0 Å². The first-order valence-electron chi connectivity index (χ1n) is 7.33. The van der Waals surface area contributed by atoms with Gasteiger partial charge in [0, 0.05) is 10.5 Å². The van der Waals surface area contributed by atoms with Crippen LogP contribution < -0.4 is 4.74 Å². The van der Waals surface area contributed by atoms with E-state index in [0.29, 0.717) is 17.5 Å². The summed E-state index contributed by atoms with van der Waals surface area (Å²) < 4.78 is 10.6. The Hall–Kier alpha value is -2.27. The van der Waals surface area contributed by atoms with Crippen molar-refractivity contribution < 1.29 is 9.26 Å². The van der Waals surface area contributed by atoms with Gasteiger partial charge in [-0.25, -0.2) is 0 Å². The van der Waals surface area contributed by atoms with Crippen molar-refractivity contribution in [1.82, 2.24) is 10.1 Å². The highest BCUT2D eigenvalue weighted by molar-refractivity contribution is 7.98. The Morgan fingerprint density at radius 2 is 2.00 bits per heavy atom. The summed E-state index contributed by atoms with van der Waals surface area (Å²) in [5.41, 5.74) is 3.42. The molecule has 0 bridgehead atoms. The molecule has 0 spiro atoms. The Bertz CT molecular complexity index is 814. The third-order valence-corrected chi connectivity index (χ3v) is 4.64. The summed E-state index contributed by atoms with van der Waals surface area (Å²) in [5.74, 6) is 2.63. The van der Waals surface area contributed by atoms with Crippen LogP contribution >= 0.6 is 11.8 Å². The molecule has 0 atom stereocenters. The first kappa shape index (κ1) is 15.6. The number of hydrogen-bond donors (Lipinski definition) is 0. The maximum atomic E-state index is 5.36. The molecule has 0 N–H and O–H groups in total. The highest BCUT2D eigenvalue weighted by Crippen LogP contribution is 2.27. The van der Waals surface area contributed by atoms with Gasteiger partial charge in [-0.1, -0.05) is 35.0 Å². The van der Waals surface area contributed by atoms with Crippen molar-refractivity contribution in [3.05, 3.63) is 59.5 Å². The van der Waals surface area contributed by atoms with Crippen molar-refractivity contribution in [2.45, 2.75) is 24.5 Å². The van der Waals surface area contributed by atoms with Gasteiger partial charge in [0.2, 0.25) is 11.7 Å². The molecular weight excluding hydrogens is 308 g/mol. The van der Waals surface area contributed by atoms with Crippen LogP contribution in [0, 0.1) is 13.8 Å². The number of hydrogen-bond acceptors (Lipinski definition) is 5. The highest BCUT2D eigenvalue weighted by atomic mass is 32.2. The van der Waals surface area contributed by atoms with Crippen LogP contribution in [0.3, 0.4) is 0 Å². The molecule has 0 amide bonds. The van der Waals surface area contributed by atoms with Crippen LogP contribution in [-0.4, -0.2) is 17.3 Å². The van der Waals surface area contributed by atoms with Gasteiger partial charge in [0.1, 0.15) is 5.75 Å². The fourth-order valence-electron chi connectivity index (χ4n) is 2.29. The van der Waals surface area contributed by atoms with E-state index in [9.17, 15) is 0 Å². The zero-order valence-electron chi connectivity index (χ0n) is 13.4. The summed E-state index contributed by atoms with van der Waals surface area (Å²) in [6.45, 7) is 4.21. The van der Waals surface area contributed by atoms with Crippen LogP contribution in [0.25, 0.3) is 11.4 Å². The Morgan fingerprint density at radius 3 is 2.78 bits per heavy atom. The SMILES string of the molecule is COc1cccc(-c2noc(CSc3ccc(C)cc3C)n2)c1. The van der Waals surface area contributed by atoms with Crippen molar-refractivity contribution in [3.63, 3.8) is 0 Å². The fourth-order valence-corrected chi connectivity index (χ4v) is 3.14. The molecule has 4 nitrogen and oxygen atoms in total. The molecule has 0 aliphatic carbocycles. The van der Waals surface area contributed by atoms with E-state index < -0.39 is 0 Å². The molecule has 0 radical (unpaired) electrons. The van der Waals surface area contributed by atoms with Gasteiger partial charge in [-0.05, 0) is 37.6 Å². The van der Waals surface area contributed by atoms with Crippen molar-refractivity contribution in [1.29, 1.82) is 0 Å². The average Bonchev–Trinajstić information content (AvgIpc) is 3.03. The molecule has 3 rings (SSSR count). The number of aromatic nitrogens is 2. The van der Waals surface area contributed by atoms with E-state index in [2.05, 4.69) is 42.2 Å². The van der Waals surface area contributed by atoms with E-state index in [1.165, 1.54) is 16.0 Å². The van der Waals surface area contributed by atoms with Crippen molar-refractivity contribution in [2.75, 3.05) is 7.11 Å². The standard InChI is InChI=1S/C18H18N2O2S/c1-12-7-8-16(13(2)9-12)23-11-17-19-18(20-22-17)14-5-4-6-15(10-14)21-3/h4-10H,11H2,1-3H3. The molecule has 5 heteroatoms. The minimum Gasteiger partial charge on any atom is -0.497 e. The molecule has 23 heavy (non-hydrogen) atoms. The molecule has 0 aliphatic heterocycles. The maximum Gasteiger partial charge on any atom is 0.237 e. The normalized spacial score (nSPS) is 10.7. The minimum absolute atomic E-state index is 0.583. The minimum atomic E-state index is 0.583. The molecule has 1 heterocycles. The van der Waals surface area contributed by atoms with Crippen LogP contribution in [0.4, 0.5) is 0 Å². The highest BCUT2D eigenvalue weighted by Gasteiger charge is 2.10. The van der Waals surface area contributed by atoms with E-state index in [1.807, 2.05) is 24.3 Å². The van der Waals surface area contributed by atoms with Gasteiger partial charge in [0.05, 0.1) is 12.9 Å². The zero-order valence-corrected chi connectivity index (χ0v) is 14.2. The Morgan fingerprint density at radius 1 is 1.13 bits per heavy atom. The summed E-state index contributed by atoms with van der Waals surface area (Å²) in [4.78, 5) is 5.70. The Labute approximate surface area is 139 Å². The van der Waals surface area contributed by atoms with Gasteiger partial charge in [-0.2, -0.15) is 4.98 Å². The largest absolute Gasteiger partial charge is 0.497 e. The second-order valence-corrected chi connectivity index (χ2v) is 6.32. The van der Waals surface area contributed by atoms with Gasteiger partial charge in [0.25, 0.3) is 0 Å². The zero-order chi connectivity index (χ0) is 16.2. The maximum absolute atomic E-state index is 5.36. The van der Waals surface area contributed by atoms with Crippen molar-refractivity contribution in [3.8, 4) is 17.1 Å². The van der Waals surface area contributed by atoms with Crippen LogP contribution in [0.15, 0.2) is 51.9 Å². The monoisotopic (exact) mass is 326 g/mol. The Balaban J connectivity index is 1.72. The van der Waals surface area contributed by atoms with E-state index >= 15 is 0 Å².